The Morgan fingerprint density at radius 1 is 1.04 bits per heavy atom. The van der Waals surface area contributed by atoms with Gasteiger partial charge in [-0.2, -0.15) is 0 Å². The van der Waals surface area contributed by atoms with E-state index in [-0.39, 0.29) is 5.91 Å². The van der Waals surface area contributed by atoms with Gasteiger partial charge in [-0.3, -0.25) is 4.79 Å². The van der Waals surface area contributed by atoms with Gasteiger partial charge in [-0.1, -0.05) is 6.92 Å². The van der Waals surface area contributed by atoms with Crippen molar-refractivity contribution in [1.82, 2.24) is 10.2 Å². The van der Waals surface area contributed by atoms with E-state index < -0.39 is 0 Å². The summed E-state index contributed by atoms with van der Waals surface area (Å²) in [7, 11) is 0. The van der Waals surface area contributed by atoms with Gasteiger partial charge in [0.1, 0.15) is 0 Å². The molecule has 1 heterocycles. The number of amides is 1. The van der Waals surface area contributed by atoms with E-state index in [9.17, 15) is 4.79 Å². The molecule has 6 heteroatoms. The summed E-state index contributed by atoms with van der Waals surface area (Å²) in [6.45, 7) is 10.3. The molecule has 2 N–H and O–H groups in total. The molecule has 1 aromatic heterocycles. The minimum Gasteiger partial charge on any atom is -0.372 e. The van der Waals surface area contributed by atoms with E-state index in [1.54, 1.807) is 6.07 Å². The number of benzene rings is 1. The van der Waals surface area contributed by atoms with Crippen molar-refractivity contribution in [2.45, 2.75) is 40.5 Å². The first-order chi connectivity index (χ1) is 12.1. The number of rotatable bonds is 8. The van der Waals surface area contributed by atoms with Gasteiger partial charge in [0.2, 0.25) is 5.91 Å². The third kappa shape index (κ3) is 5.17. The molecule has 0 aliphatic rings. The summed E-state index contributed by atoms with van der Waals surface area (Å²) < 4.78 is 0. The normalized spacial score (nSPS) is 10.4. The fourth-order valence-electron chi connectivity index (χ4n) is 2.61. The minimum absolute atomic E-state index is 0.0413. The molecule has 0 saturated carbocycles. The lowest BCUT2D eigenvalue weighted by atomic mass is 10.1. The quantitative estimate of drug-likeness (QED) is 0.756. The summed E-state index contributed by atoms with van der Waals surface area (Å²) in [5.41, 5.74) is 3.35. The summed E-state index contributed by atoms with van der Waals surface area (Å²) in [5.74, 6) is 1.07. The Hall–Kier alpha value is -2.63. The van der Waals surface area contributed by atoms with Gasteiger partial charge in [-0.05, 0) is 63.1 Å². The zero-order valence-electron chi connectivity index (χ0n) is 15.5. The first kappa shape index (κ1) is 18.7. The minimum atomic E-state index is -0.0413. The van der Waals surface area contributed by atoms with Crippen molar-refractivity contribution in [3.8, 4) is 0 Å². The van der Waals surface area contributed by atoms with Crippen LogP contribution < -0.4 is 15.5 Å². The number of hydrogen-bond acceptors (Lipinski definition) is 5. The van der Waals surface area contributed by atoms with Crippen LogP contribution in [0.4, 0.5) is 23.0 Å². The highest BCUT2D eigenvalue weighted by atomic mass is 16.1. The van der Waals surface area contributed by atoms with Crippen molar-refractivity contribution < 1.29 is 4.79 Å². The maximum absolute atomic E-state index is 11.6. The van der Waals surface area contributed by atoms with Crippen LogP contribution in [0.25, 0.3) is 0 Å². The second-order valence-electron chi connectivity index (χ2n) is 5.90. The second kappa shape index (κ2) is 9.01. The largest absolute Gasteiger partial charge is 0.372 e. The third-order valence-electron chi connectivity index (χ3n) is 4.01. The molecule has 25 heavy (non-hydrogen) atoms. The van der Waals surface area contributed by atoms with Gasteiger partial charge >= 0.3 is 0 Å². The summed E-state index contributed by atoms with van der Waals surface area (Å²) in [5, 5.41) is 14.2. The maximum atomic E-state index is 11.6. The highest BCUT2D eigenvalue weighted by Gasteiger charge is 2.07. The molecular formula is C19H27N5O. The lowest BCUT2D eigenvalue weighted by Crippen LogP contribution is -2.21. The predicted molar refractivity (Wildman–Crippen MR) is 104 cm³/mol. The molecule has 0 aliphatic carbocycles. The highest BCUT2D eigenvalue weighted by molar-refractivity contribution is 5.89. The standard InChI is InChI=1S/C19H27N5O/c1-5-8-19(25)21-18-12-11-17(22-23-18)20-16-10-9-15(13-14(16)4)24(6-2)7-3/h9-13H,5-8H2,1-4H3,(H,20,22)(H,21,23,25). The molecule has 0 radical (unpaired) electrons. The SMILES string of the molecule is CCCC(=O)Nc1ccc(Nc2ccc(N(CC)CC)cc2C)nn1. The van der Waals surface area contributed by atoms with E-state index in [1.807, 2.05) is 13.0 Å². The first-order valence-corrected chi connectivity index (χ1v) is 8.83. The van der Waals surface area contributed by atoms with E-state index in [4.69, 9.17) is 0 Å². The van der Waals surface area contributed by atoms with Crippen molar-refractivity contribution in [2.75, 3.05) is 28.6 Å². The average Bonchev–Trinajstić information content (AvgIpc) is 2.60. The summed E-state index contributed by atoms with van der Waals surface area (Å²) >= 11 is 0. The smallest absolute Gasteiger partial charge is 0.225 e. The second-order valence-corrected chi connectivity index (χ2v) is 5.90. The number of aryl methyl sites for hydroxylation is 1. The maximum Gasteiger partial charge on any atom is 0.225 e. The van der Waals surface area contributed by atoms with Gasteiger partial charge in [0.25, 0.3) is 0 Å². The van der Waals surface area contributed by atoms with Crippen LogP contribution in [-0.4, -0.2) is 29.2 Å². The Kier molecular flexibility index (Phi) is 6.74. The Morgan fingerprint density at radius 2 is 1.72 bits per heavy atom. The van der Waals surface area contributed by atoms with Crippen molar-refractivity contribution in [3.63, 3.8) is 0 Å². The van der Waals surface area contributed by atoms with Crippen molar-refractivity contribution in [1.29, 1.82) is 0 Å². The Labute approximate surface area is 149 Å². The monoisotopic (exact) mass is 341 g/mol. The number of nitrogens with one attached hydrogen (secondary N) is 2. The molecule has 6 nitrogen and oxygen atoms in total. The summed E-state index contributed by atoms with van der Waals surface area (Å²) in [6.07, 6.45) is 1.29. The fraction of sp³-hybridized carbons (Fsp3) is 0.421. The Morgan fingerprint density at radius 3 is 2.28 bits per heavy atom. The molecule has 134 valence electrons. The number of carbonyl (C=O) groups is 1. The molecule has 1 aromatic carbocycles. The lowest BCUT2D eigenvalue weighted by Gasteiger charge is -2.22. The average molecular weight is 341 g/mol. The Balaban J connectivity index is 2.05. The molecule has 0 spiro atoms. The van der Waals surface area contributed by atoms with Gasteiger partial charge in [0, 0.05) is 30.9 Å². The summed E-state index contributed by atoms with van der Waals surface area (Å²) in [6, 6.07) is 9.90. The van der Waals surface area contributed by atoms with Crippen LogP contribution in [0.1, 0.15) is 39.2 Å². The van der Waals surface area contributed by atoms with Crippen molar-refractivity contribution in [2.24, 2.45) is 0 Å². The van der Waals surface area contributed by atoms with Gasteiger partial charge in [0.15, 0.2) is 11.6 Å². The third-order valence-corrected chi connectivity index (χ3v) is 4.01. The van der Waals surface area contributed by atoms with Crippen molar-refractivity contribution >= 4 is 28.9 Å². The molecule has 0 fully saturated rings. The van der Waals surface area contributed by atoms with E-state index in [0.717, 1.165) is 30.8 Å². The molecule has 1 amide bonds. The van der Waals surface area contributed by atoms with Crippen LogP contribution in [-0.2, 0) is 4.79 Å². The molecule has 0 saturated heterocycles. The van der Waals surface area contributed by atoms with Gasteiger partial charge in [-0.15, -0.1) is 10.2 Å². The van der Waals surface area contributed by atoms with Gasteiger partial charge < -0.3 is 15.5 Å². The lowest BCUT2D eigenvalue weighted by molar-refractivity contribution is -0.116. The van der Waals surface area contributed by atoms with Crippen LogP contribution in [0.2, 0.25) is 0 Å². The zero-order valence-corrected chi connectivity index (χ0v) is 15.5. The van der Waals surface area contributed by atoms with Gasteiger partial charge in [0.05, 0.1) is 0 Å². The topological polar surface area (TPSA) is 70.2 Å². The molecule has 0 atom stereocenters. The summed E-state index contributed by atoms with van der Waals surface area (Å²) in [4.78, 5) is 13.9. The highest BCUT2D eigenvalue weighted by Crippen LogP contribution is 2.25. The van der Waals surface area contributed by atoms with E-state index in [1.165, 1.54) is 5.69 Å². The zero-order chi connectivity index (χ0) is 18.2. The molecule has 0 aliphatic heterocycles. The van der Waals surface area contributed by atoms with Crippen LogP contribution in [0, 0.1) is 6.92 Å². The molecule has 2 aromatic rings. The predicted octanol–water partition coefficient (Wildman–Crippen LogP) is 4.11. The number of hydrogen-bond donors (Lipinski definition) is 2. The van der Waals surface area contributed by atoms with Crippen molar-refractivity contribution in [3.05, 3.63) is 35.9 Å². The van der Waals surface area contributed by atoms with Crippen LogP contribution in [0.5, 0.6) is 0 Å². The van der Waals surface area contributed by atoms with E-state index in [0.29, 0.717) is 18.1 Å². The van der Waals surface area contributed by atoms with E-state index >= 15 is 0 Å². The number of carbonyl (C=O) groups excluding carboxylic acids is 1. The van der Waals surface area contributed by atoms with Gasteiger partial charge in [-0.25, -0.2) is 0 Å². The van der Waals surface area contributed by atoms with Crippen LogP contribution >= 0.6 is 0 Å². The van der Waals surface area contributed by atoms with E-state index in [2.05, 4.69) is 64.7 Å². The number of anilines is 4. The fourth-order valence-corrected chi connectivity index (χ4v) is 2.61. The molecule has 2 rings (SSSR count). The van der Waals surface area contributed by atoms with Crippen LogP contribution in [0.3, 0.4) is 0 Å². The first-order valence-electron chi connectivity index (χ1n) is 8.83. The number of nitrogens with zero attached hydrogens (tertiary/aromatic N) is 3. The molecular weight excluding hydrogens is 314 g/mol. The molecule has 0 unspecified atom stereocenters. The molecule has 0 bridgehead atoms. The van der Waals surface area contributed by atoms with Crippen LogP contribution in [0.15, 0.2) is 30.3 Å². The Bertz CT molecular complexity index is 695. The number of aromatic nitrogens is 2.